The Balaban J connectivity index is 2.07. The molecule has 2 N–H and O–H groups in total. The molecule has 0 aromatic carbocycles. The fraction of sp³-hybridized carbons (Fsp3) is 0.615. The number of carbonyl (C=O) groups excluding carboxylic acids is 1. The smallest absolute Gasteiger partial charge is 0.245 e. The molecule has 1 fully saturated rings. The summed E-state index contributed by atoms with van der Waals surface area (Å²) in [4.78, 5) is 15.3. The first-order chi connectivity index (χ1) is 8.24. The van der Waals surface area contributed by atoms with E-state index in [9.17, 15) is 4.79 Å². The van der Waals surface area contributed by atoms with Crippen molar-refractivity contribution in [3.63, 3.8) is 0 Å². The first-order valence-corrected chi connectivity index (χ1v) is 7.21. The van der Waals surface area contributed by atoms with E-state index in [1.165, 1.54) is 6.42 Å². The first kappa shape index (κ1) is 12.6. The van der Waals surface area contributed by atoms with Gasteiger partial charge in [-0.3, -0.25) is 4.79 Å². The molecule has 2 heterocycles. The zero-order chi connectivity index (χ0) is 12.3. The minimum absolute atomic E-state index is 0.0963. The number of piperidine rings is 1. The van der Waals surface area contributed by atoms with Crippen molar-refractivity contribution in [2.24, 2.45) is 5.73 Å². The van der Waals surface area contributed by atoms with Crippen LogP contribution in [-0.4, -0.2) is 23.4 Å². The van der Waals surface area contributed by atoms with E-state index in [1.807, 2.05) is 22.4 Å². The molecular weight excluding hydrogens is 232 g/mol. The molecule has 2 atom stereocenters. The van der Waals surface area contributed by atoms with Crippen molar-refractivity contribution in [3.05, 3.63) is 22.4 Å². The summed E-state index contributed by atoms with van der Waals surface area (Å²) >= 11 is 1.56. The maximum absolute atomic E-state index is 12.4. The zero-order valence-corrected chi connectivity index (χ0v) is 11.1. The molecule has 17 heavy (non-hydrogen) atoms. The lowest BCUT2D eigenvalue weighted by Gasteiger charge is -2.36. The second-order valence-electron chi connectivity index (χ2n) is 4.58. The second-order valence-corrected chi connectivity index (χ2v) is 5.56. The molecule has 0 aliphatic carbocycles. The quantitative estimate of drug-likeness (QED) is 0.898. The lowest BCUT2D eigenvalue weighted by molar-refractivity contribution is -0.136. The van der Waals surface area contributed by atoms with Crippen molar-refractivity contribution < 1.29 is 4.79 Å². The first-order valence-electron chi connectivity index (χ1n) is 6.33. The number of carbonyl (C=O) groups is 1. The van der Waals surface area contributed by atoms with Gasteiger partial charge >= 0.3 is 0 Å². The van der Waals surface area contributed by atoms with E-state index < -0.39 is 6.04 Å². The molecule has 2 rings (SSSR count). The largest absolute Gasteiger partial charge is 0.338 e. The summed E-state index contributed by atoms with van der Waals surface area (Å²) in [5.74, 6) is 0.0963. The van der Waals surface area contributed by atoms with Gasteiger partial charge in [0.05, 0.1) is 0 Å². The number of rotatable bonds is 3. The minimum atomic E-state index is -0.470. The summed E-state index contributed by atoms with van der Waals surface area (Å²) in [6.45, 7) is 3.02. The number of amides is 1. The molecule has 2 unspecified atom stereocenters. The second kappa shape index (κ2) is 5.65. The van der Waals surface area contributed by atoms with Gasteiger partial charge in [0.1, 0.15) is 6.04 Å². The Hall–Kier alpha value is -0.870. The van der Waals surface area contributed by atoms with Crippen LogP contribution in [0.4, 0.5) is 0 Å². The topological polar surface area (TPSA) is 46.3 Å². The van der Waals surface area contributed by atoms with Gasteiger partial charge in [0.2, 0.25) is 5.91 Å². The molecule has 0 saturated carbocycles. The van der Waals surface area contributed by atoms with E-state index in [0.29, 0.717) is 6.04 Å². The Morgan fingerprint density at radius 3 is 3.12 bits per heavy atom. The number of nitrogens with two attached hydrogens (primary N) is 1. The van der Waals surface area contributed by atoms with Crippen molar-refractivity contribution in [2.45, 2.75) is 44.7 Å². The Morgan fingerprint density at radius 2 is 2.47 bits per heavy atom. The molecule has 3 nitrogen and oxygen atoms in total. The predicted molar refractivity (Wildman–Crippen MR) is 70.9 cm³/mol. The minimum Gasteiger partial charge on any atom is -0.338 e. The molecule has 1 aromatic rings. The summed E-state index contributed by atoms with van der Waals surface area (Å²) < 4.78 is 0. The lowest BCUT2D eigenvalue weighted by atomic mass is 9.99. The maximum atomic E-state index is 12.4. The van der Waals surface area contributed by atoms with Crippen molar-refractivity contribution in [3.8, 4) is 0 Å². The summed E-state index contributed by atoms with van der Waals surface area (Å²) in [6.07, 6.45) is 4.50. The third-order valence-electron chi connectivity index (χ3n) is 3.50. The maximum Gasteiger partial charge on any atom is 0.245 e. The zero-order valence-electron chi connectivity index (χ0n) is 10.3. The molecule has 1 saturated heterocycles. The number of likely N-dealkylation sites (tertiary alicyclic amines) is 1. The van der Waals surface area contributed by atoms with Crippen LogP contribution in [0.15, 0.2) is 17.5 Å². The molecule has 0 bridgehead atoms. The Labute approximate surface area is 107 Å². The average molecular weight is 252 g/mol. The molecule has 4 heteroatoms. The van der Waals surface area contributed by atoms with Crippen LogP contribution in [0.25, 0.3) is 0 Å². The van der Waals surface area contributed by atoms with Crippen LogP contribution in [0.3, 0.4) is 0 Å². The molecule has 1 amide bonds. The normalized spacial score (nSPS) is 22.5. The van der Waals surface area contributed by atoms with Gasteiger partial charge in [0, 0.05) is 17.5 Å². The van der Waals surface area contributed by atoms with Crippen LogP contribution in [-0.2, 0) is 4.79 Å². The number of hydrogen-bond donors (Lipinski definition) is 1. The van der Waals surface area contributed by atoms with Crippen molar-refractivity contribution >= 4 is 17.2 Å². The summed E-state index contributed by atoms with van der Waals surface area (Å²) in [6, 6.07) is 3.81. The van der Waals surface area contributed by atoms with E-state index in [4.69, 9.17) is 5.73 Å². The van der Waals surface area contributed by atoms with Crippen molar-refractivity contribution in [1.29, 1.82) is 0 Å². The highest BCUT2D eigenvalue weighted by Crippen LogP contribution is 2.25. The SMILES string of the molecule is CCC1CCCCN1C(=O)C(N)c1cccs1. The van der Waals surface area contributed by atoms with Gasteiger partial charge in [-0.1, -0.05) is 13.0 Å². The number of thiophene rings is 1. The third kappa shape index (κ3) is 2.69. The van der Waals surface area contributed by atoms with Crippen molar-refractivity contribution in [1.82, 2.24) is 4.90 Å². The van der Waals surface area contributed by atoms with Gasteiger partial charge in [-0.2, -0.15) is 0 Å². The van der Waals surface area contributed by atoms with E-state index >= 15 is 0 Å². The van der Waals surface area contributed by atoms with Gasteiger partial charge in [-0.25, -0.2) is 0 Å². The highest BCUT2D eigenvalue weighted by molar-refractivity contribution is 7.10. The van der Waals surface area contributed by atoms with Crippen LogP contribution in [0, 0.1) is 0 Å². The van der Waals surface area contributed by atoms with Gasteiger partial charge in [0.25, 0.3) is 0 Å². The molecule has 1 aliphatic rings. The van der Waals surface area contributed by atoms with Crippen molar-refractivity contribution in [2.75, 3.05) is 6.54 Å². The number of nitrogens with zero attached hydrogens (tertiary/aromatic N) is 1. The molecule has 0 radical (unpaired) electrons. The van der Waals surface area contributed by atoms with Gasteiger partial charge < -0.3 is 10.6 Å². The fourth-order valence-corrected chi connectivity index (χ4v) is 3.20. The Morgan fingerprint density at radius 1 is 1.65 bits per heavy atom. The van der Waals surface area contributed by atoms with Crippen LogP contribution in [0.1, 0.15) is 43.5 Å². The lowest BCUT2D eigenvalue weighted by Crippen LogP contribution is -2.47. The van der Waals surface area contributed by atoms with Crippen LogP contribution >= 0.6 is 11.3 Å². The molecular formula is C13H20N2OS. The molecule has 0 spiro atoms. The highest BCUT2D eigenvalue weighted by Gasteiger charge is 2.29. The van der Waals surface area contributed by atoms with Gasteiger partial charge in [-0.15, -0.1) is 11.3 Å². The summed E-state index contributed by atoms with van der Waals surface area (Å²) in [7, 11) is 0. The molecule has 1 aliphatic heterocycles. The van der Waals surface area contributed by atoms with Gasteiger partial charge in [-0.05, 0) is 37.1 Å². The Kier molecular flexibility index (Phi) is 4.18. The average Bonchev–Trinajstić information content (AvgIpc) is 2.90. The summed E-state index contributed by atoms with van der Waals surface area (Å²) in [5, 5.41) is 1.97. The summed E-state index contributed by atoms with van der Waals surface area (Å²) in [5.41, 5.74) is 6.05. The van der Waals surface area contributed by atoms with E-state index in [2.05, 4.69) is 6.92 Å². The molecule has 1 aromatic heterocycles. The highest BCUT2D eigenvalue weighted by atomic mass is 32.1. The standard InChI is InChI=1S/C13H20N2OS/c1-2-10-6-3-4-8-15(10)13(16)12(14)11-7-5-9-17-11/h5,7,9-10,12H,2-4,6,8,14H2,1H3. The van der Waals surface area contributed by atoms with Crippen LogP contribution < -0.4 is 5.73 Å². The van der Waals surface area contributed by atoms with E-state index in [1.54, 1.807) is 11.3 Å². The van der Waals surface area contributed by atoms with E-state index in [0.717, 1.165) is 30.7 Å². The van der Waals surface area contributed by atoms with Crippen LogP contribution in [0.2, 0.25) is 0 Å². The van der Waals surface area contributed by atoms with Crippen LogP contribution in [0.5, 0.6) is 0 Å². The van der Waals surface area contributed by atoms with Gasteiger partial charge in [0.15, 0.2) is 0 Å². The third-order valence-corrected chi connectivity index (χ3v) is 4.45. The van der Waals surface area contributed by atoms with E-state index in [-0.39, 0.29) is 5.91 Å². The number of hydrogen-bond acceptors (Lipinski definition) is 3. The fourth-order valence-electron chi connectivity index (χ4n) is 2.48. The molecule has 94 valence electrons. The monoisotopic (exact) mass is 252 g/mol. The predicted octanol–water partition coefficient (Wildman–Crippen LogP) is 2.54. The Bertz CT molecular complexity index is 364.